The van der Waals surface area contributed by atoms with Crippen molar-refractivity contribution in [3.63, 3.8) is 0 Å². The van der Waals surface area contributed by atoms with Crippen LogP contribution < -0.4 is 0 Å². The Bertz CT molecular complexity index is 796. The number of unbranched alkanes of at least 4 members (excludes halogenated alkanes) is 3. The SMILES string of the molecule is CCCCCCc1ccc(C(=O)N(Cc2nc(C(=O)OC)cs2)C2CC2)cc1. The van der Waals surface area contributed by atoms with Crippen molar-refractivity contribution < 1.29 is 14.3 Å². The Labute approximate surface area is 170 Å². The number of esters is 1. The van der Waals surface area contributed by atoms with Crippen molar-refractivity contribution >= 4 is 23.2 Å². The maximum atomic E-state index is 13.0. The van der Waals surface area contributed by atoms with Gasteiger partial charge in [0.1, 0.15) is 5.01 Å². The quantitative estimate of drug-likeness (QED) is 0.422. The van der Waals surface area contributed by atoms with Crippen LogP contribution in [0.4, 0.5) is 0 Å². The summed E-state index contributed by atoms with van der Waals surface area (Å²) in [4.78, 5) is 30.9. The number of thiazole rings is 1. The van der Waals surface area contributed by atoms with Crippen LogP contribution in [0.25, 0.3) is 0 Å². The number of carbonyl (C=O) groups is 2. The number of nitrogens with zero attached hydrogens (tertiary/aromatic N) is 2. The van der Waals surface area contributed by atoms with Gasteiger partial charge < -0.3 is 9.64 Å². The van der Waals surface area contributed by atoms with Gasteiger partial charge in [0.15, 0.2) is 5.69 Å². The lowest BCUT2D eigenvalue weighted by Gasteiger charge is -2.21. The normalized spacial score (nSPS) is 13.4. The standard InChI is InChI=1S/C22H28N2O3S/c1-3-4-5-6-7-16-8-10-17(11-9-16)21(25)24(18-12-13-18)14-20-23-19(15-28-20)22(26)27-2/h8-11,15,18H,3-7,12-14H2,1-2H3. The third-order valence-corrected chi connectivity index (χ3v) is 5.85. The van der Waals surface area contributed by atoms with Gasteiger partial charge in [-0.25, -0.2) is 9.78 Å². The first-order valence-corrected chi connectivity index (χ1v) is 10.9. The molecule has 0 saturated heterocycles. The summed E-state index contributed by atoms with van der Waals surface area (Å²) in [5.74, 6) is -0.406. The number of hydrogen-bond acceptors (Lipinski definition) is 5. The van der Waals surface area contributed by atoms with Gasteiger partial charge in [-0.3, -0.25) is 4.79 Å². The molecule has 3 rings (SSSR count). The molecule has 1 saturated carbocycles. The number of aromatic nitrogens is 1. The number of amides is 1. The number of ether oxygens (including phenoxy) is 1. The molecular formula is C22H28N2O3S. The van der Waals surface area contributed by atoms with Crippen LogP contribution >= 0.6 is 11.3 Å². The minimum Gasteiger partial charge on any atom is -0.464 e. The summed E-state index contributed by atoms with van der Waals surface area (Å²) >= 11 is 1.39. The Kier molecular flexibility index (Phi) is 7.20. The van der Waals surface area contributed by atoms with Crippen molar-refractivity contribution in [3.05, 3.63) is 51.5 Å². The van der Waals surface area contributed by atoms with E-state index in [4.69, 9.17) is 4.74 Å². The van der Waals surface area contributed by atoms with Crippen LogP contribution in [-0.2, 0) is 17.7 Å². The summed E-state index contributed by atoms with van der Waals surface area (Å²) in [5.41, 5.74) is 2.31. The minimum atomic E-state index is -0.443. The van der Waals surface area contributed by atoms with Crippen LogP contribution in [0, 0.1) is 0 Å². The van der Waals surface area contributed by atoms with Gasteiger partial charge in [-0.1, -0.05) is 38.3 Å². The topological polar surface area (TPSA) is 59.5 Å². The fourth-order valence-corrected chi connectivity index (χ4v) is 3.98. The smallest absolute Gasteiger partial charge is 0.357 e. The van der Waals surface area contributed by atoms with E-state index in [1.165, 1.54) is 49.7 Å². The minimum absolute atomic E-state index is 0.0369. The lowest BCUT2D eigenvalue weighted by molar-refractivity contribution is 0.0594. The predicted molar refractivity (Wildman–Crippen MR) is 111 cm³/mol. The molecule has 6 heteroatoms. The van der Waals surface area contributed by atoms with Gasteiger partial charge in [0, 0.05) is 17.0 Å². The highest BCUT2D eigenvalue weighted by Crippen LogP contribution is 2.30. The maximum Gasteiger partial charge on any atom is 0.357 e. The van der Waals surface area contributed by atoms with Gasteiger partial charge in [-0.2, -0.15) is 0 Å². The van der Waals surface area contributed by atoms with Crippen molar-refractivity contribution in [2.45, 2.75) is 64.5 Å². The van der Waals surface area contributed by atoms with E-state index < -0.39 is 5.97 Å². The molecule has 150 valence electrons. The van der Waals surface area contributed by atoms with Crippen molar-refractivity contribution in [2.24, 2.45) is 0 Å². The van der Waals surface area contributed by atoms with Crippen molar-refractivity contribution in [1.82, 2.24) is 9.88 Å². The third kappa shape index (κ3) is 5.41. The monoisotopic (exact) mass is 400 g/mol. The largest absolute Gasteiger partial charge is 0.464 e. The molecule has 1 heterocycles. The van der Waals surface area contributed by atoms with Gasteiger partial charge in [-0.15, -0.1) is 11.3 Å². The van der Waals surface area contributed by atoms with Gasteiger partial charge in [-0.05, 0) is 43.4 Å². The fourth-order valence-electron chi connectivity index (χ4n) is 3.22. The molecule has 0 radical (unpaired) electrons. The number of methoxy groups -OCH3 is 1. The molecule has 0 atom stereocenters. The first-order chi connectivity index (χ1) is 13.6. The van der Waals surface area contributed by atoms with E-state index in [-0.39, 0.29) is 11.9 Å². The van der Waals surface area contributed by atoms with Crippen LogP contribution in [0.5, 0.6) is 0 Å². The van der Waals surface area contributed by atoms with Crippen LogP contribution in [0.2, 0.25) is 0 Å². The zero-order valence-electron chi connectivity index (χ0n) is 16.6. The van der Waals surface area contributed by atoms with E-state index in [1.54, 1.807) is 5.38 Å². The molecule has 1 fully saturated rings. The first-order valence-electron chi connectivity index (χ1n) is 10.0. The molecule has 1 amide bonds. The third-order valence-electron chi connectivity index (χ3n) is 5.02. The molecule has 5 nitrogen and oxygen atoms in total. The Morgan fingerprint density at radius 3 is 2.57 bits per heavy atom. The van der Waals surface area contributed by atoms with Crippen molar-refractivity contribution in [3.8, 4) is 0 Å². The second kappa shape index (κ2) is 9.82. The molecule has 1 aromatic heterocycles. The number of rotatable bonds is 10. The number of aryl methyl sites for hydroxylation is 1. The van der Waals surface area contributed by atoms with Crippen LogP contribution in [0.1, 0.15) is 76.9 Å². The highest BCUT2D eigenvalue weighted by Gasteiger charge is 2.33. The molecule has 0 unspecified atom stereocenters. The average Bonchev–Trinajstić information content (AvgIpc) is 3.46. The molecule has 1 aromatic carbocycles. The second-order valence-electron chi connectivity index (χ2n) is 7.29. The molecule has 2 aromatic rings. The van der Waals surface area contributed by atoms with E-state index in [1.807, 2.05) is 17.0 Å². The van der Waals surface area contributed by atoms with Crippen LogP contribution in [-0.4, -0.2) is 34.9 Å². The zero-order valence-corrected chi connectivity index (χ0v) is 17.5. The van der Waals surface area contributed by atoms with Gasteiger partial charge in [0.2, 0.25) is 0 Å². The van der Waals surface area contributed by atoms with Crippen molar-refractivity contribution in [2.75, 3.05) is 7.11 Å². The van der Waals surface area contributed by atoms with E-state index in [2.05, 4.69) is 24.0 Å². The molecule has 1 aliphatic carbocycles. The maximum absolute atomic E-state index is 13.0. The molecule has 0 N–H and O–H groups in total. The van der Waals surface area contributed by atoms with Crippen LogP contribution in [0.15, 0.2) is 29.6 Å². The lowest BCUT2D eigenvalue weighted by atomic mass is 10.0. The van der Waals surface area contributed by atoms with Crippen LogP contribution in [0.3, 0.4) is 0 Å². The van der Waals surface area contributed by atoms with Gasteiger partial charge in [0.25, 0.3) is 5.91 Å². The van der Waals surface area contributed by atoms with E-state index >= 15 is 0 Å². The van der Waals surface area contributed by atoms with Crippen molar-refractivity contribution in [1.29, 1.82) is 0 Å². The Hall–Kier alpha value is -2.21. The van der Waals surface area contributed by atoms with Gasteiger partial charge in [0.05, 0.1) is 13.7 Å². The predicted octanol–water partition coefficient (Wildman–Crippen LogP) is 4.86. The summed E-state index contributed by atoms with van der Waals surface area (Å²) < 4.78 is 4.71. The lowest BCUT2D eigenvalue weighted by Crippen LogP contribution is -2.32. The van der Waals surface area contributed by atoms with E-state index in [9.17, 15) is 9.59 Å². The average molecular weight is 401 g/mol. The molecule has 1 aliphatic rings. The second-order valence-corrected chi connectivity index (χ2v) is 8.23. The summed E-state index contributed by atoms with van der Waals surface area (Å²) in [5, 5.41) is 2.44. The number of benzene rings is 1. The summed E-state index contributed by atoms with van der Waals surface area (Å²) in [6.45, 7) is 2.65. The highest BCUT2D eigenvalue weighted by molar-refractivity contribution is 7.09. The Morgan fingerprint density at radius 2 is 1.93 bits per heavy atom. The molecule has 0 aliphatic heterocycles. The molecule has 28 heavy (non-hydrogen) atoms. The first kappa shape index (κ1) is 20.5. The van der Waals surface area contributed by atoms with E-state index in [0.717, 1.165) is 24.3 Å². The summed E-state index contributed by atoms with van der Waals surface area (Å²) in [6.07, 6.45) is 8.09. The molecule has 0 spiro atoms. The molecule has 0 bridgehead atoms. The molecular weight excluding hydrogens is 372 g/mol. The summed E-state index contributed by atoms with van der Waals surface area (Å²) in [6, 6.07) is 8.29. The Balaban J connectivity index is 1.63. The summed E-state index contributed by atoms with van der Waals surface area (Å²) in [7, 11) is 1.34. The zero-order chi connectivity index (χ0) is 19.9. The highest BCUT2D eigenvalue weighted by atomic mass is 32.1. The van der Waals surface area contributed by atoms with E-state index in [0.29, 0.717) is 17.8 Å². The van der Waals surface area contributed by atoms with Gasteiger partial charge >= 0.3 is 5.97 Å². The Morgan fingerprint density at radius 1 is 1.18 bits per heavy atom. The fraction of sp³-hybridized carbons (Fsp3) is 0.500. The number of carbonyl (C=O) groups excluding carboxylic acids is 2. The number of hydrogen-bond donors (Lipinski definition) is 0.